The normalized spacial score (nSPS) is 11.6. The van der Waals surface area contributed by atoms with Gasteiger partial charge in [0.15, 0.2) is 0 Å². The molecule has 0 spiro atoms. The first-order valence-corrected chi connectivity index (χ1v) is 9.16. The van der Waals surface area contributed by atoms with Gasteiger partial charge in [-0.2, -0.15) is 13.2 Å². The largest absolute Gasteiger partial charge is 0.416 e. The zero-order chi connectivity index (χ0) is 20.1. The van der Waals surface area contributed by atoms with Crippen LogP contribution in [0.15, 0.2) is 54.6 Å². The lowest BCUT2D eigenvalue weighted by molar-refractivity contribution is -0.137. The first-order chi connectivity index (χ1) is 13.3. The van der Waals surface area contributed by atoms with Gasteiger partial charge in [-0.05, 0) is 36.9 Å². The molecular formula is C19H17F3N4OS. The van der Waals surface area contributed by atoms with Crippen LogP contribution in [0.1, 0.15) is 25.9 Å². The molecule has 0 aliphatic carbocycles. The zero-order valence-corrected chi connectivity index (χ0v) is 15.7. The van der Waals surface area contributed by atoms with Gasteiger partial charge in [0.25, 0.3) is 5.91 Å². The molecule has 0 atom stereocenters. The molecule has 146 valence electrons. The molecule has 0 fully saturated rings. The van der Waals surface area contributed by atoms with Gasteiger partial charge in [0.2, 0.25) is 5.01 Å². The summed E-state index contributed by atoms with van der Waals surface area (Å²) in [5.74, 6) is -0.333. The molecule has 1 aromatic heterocycles. The topological polar surface area (TPSA) is 58.1 Å². The second-order valence-corrected chi connectivity index (χ2v) is 7.25. The van der Waals surface area contributed by atoms with Gasteiger partial charge in [-0.25, -0.2) is 0 Å². The third-order valence-corrected chi connectivity index (χ3v) is 4.74. The lowest BCUT2D eigenvalue weighted by Crippen LogP contribution is -2.17. The molecule has 1 heterocycles. The minimum absolute atomic E-state index is 0.252. The van der Waals surface area contributed by atoms with Crippen molar-refractivity contribution < 1.29 is 18.0 Å². The molecule has 3 aromatic rings. The summed E-state index contributed by atoms with van der Waals surface area (Å²) in [4.78, 5) is 14.1. The molecule has 2 aromatic carbocycles. The van der Waals surface area contributed by atoms with Crippen LogP contribution in [0.3, 0.4) is 0 Å². The minimum atomic E-state index is -4.34. The van der Waals surface area contributed by atoms with E-state index >= 15 is 0 Å². The van der Waals surface area contributed by atoms with Gasteiger partial charge in [0.1, 0.15) is 5.01 Å². The van der Waals surface area contributed by atoms with Crippen molar-refractivity contribution >= 4 is 22.9 Å². The smallest absolute Gasteiger partial charge is 0.320 e. The first-order valence-electron chi connectivity index (χ1n) is 8.35. The van der Waals surface area contributed by atoms with E-state index in [0.717, 1.165) is 17.7 Å². The monoisotopic (exact) mass is 406 g/mol. The van der Waals surface area contributed by atoms with Crippen LogP contribution >= 0.6 is 11.3 Å². The van der Waals surface area contributed by atoms with Gasteiger partial charge in [-0.3, -0.25) is 9.69 Å². The molecule has 9 heteroatoms. The molecular weight excluding hydrogens is 389 g/mol. The summed E-state index contributed by atoms with van der Waals surface area (Å²) >= 11 is 1.18. The highest BCUT2D eigenvalue weighted by Gasteiger charge is 2.29. The Labute approximate surface area is 163 Å². The van der Waals surface area contributed by atoms with Gasteiger partial charge in [-0.15, -0.1) is 10.2 Å². The van der Waals surface area contributed by atoms with Crippen LogP contribution < -0.4 is 5.32 Å². The Morgan fingerprint density at radius 1 is 1.04 bits per heavy atom. The molecule has 5 nitrogen and oxygen atoms in total. The predicted molar refractivity (Wildman–Crippen MR) is 101 cm³/mol. The van der Waals surface area contributed by atoms with Crippen molar-refractivity contribution in [2.24, 2.45) is 0 Å². The number of alkyl halides is 3. The summed E-state index contributed by atoms with van der Waals surface area (Å²) < 4.78 is 37.9. The zero-order valence-electron chi connectivity index (χ0n) is 14.9. The second-order valence-electron chi connectivity index (χ2n) is 6.19. The maximum absolute atomic E-state index is 12.6. The Balaban J connectivity index is 1.56. The third-order valence-electron chi connectivity index (χ3n) is 3.83. The van der Waals surface area contributed by atoms with Crippen molar-refractivity contribution in [1.29, 1.82) is 0 Å². The molecule has 28 heavy (non-hydrogen) atoms. The predicted octanol–water partition coefficient (Wildman–Crippen LogP) is 4.44. The van der Waals surface area contributed by atoms with Crippen LogP contribution in [0.2, 0.25) is 0 Å². The highest BCUT2D eigenvalue weighted by molar-refractivity contribution is 7.13. The number of benzene rings is 2. The number of hydrogen-bond donors (Lipinski definition) is 1. The van der Waals surface area contributed by atoms with E-state index in [0.29, 0.717) is 23.8 Å². The van der Waals surface area contributed by atoms with Gasteiger partial charge in [0, 0.05) is 12.2 Å². The van der Waals surface area contributed by atoms with Gasteiger partial charge in [0.05, 0.1) is 12.1 Å². The Bertz CT molecular complexity index is 926. The lowest BCUT2D eigenvalue weighted by Gasteiger charge is -2.15. The standard InChI is InChI=1S/C19H17F3N4OS/c1-26(11-13-7-9-14(10-8-13)19(20,21)22)12-16-24-25-18(28-16)17(27)23-15-5-3-2-4-6-15/h2-10H,11-12H2,1H3,(H,23,27). The number of para-hydroxylation sites is 1. The number of anilines is 1. The molecule has 0 aliphatic rings. The minimum Gasteiger partial charge on any atom is -0.320 e. The van der Waals surface area contributed by atoms with Crippen LogP contribution in [0.5, 0.6) is 0 Å². The molecule has 0 saturated heterocycles. The number of rotatable bonds is 6. The van der Waals surface area contributed by atoms with Crippen LogP contribution in [-0.4, -0.2) is 28.1 Å². The van der Waals surface area contributed by atoms with Gasteiger partial charge >= 0.3 is 6.18 Å². The average Bonchev–Trinajstić information content (AvgIpc) is 3.11. The number of nitrogens with one attached hydrogen (secondary N) is 1. The summed E-state index contributed by atoms with van der Waals surface area (Å²) in [7, 11) is 1.82. The summed E-state index contributed by atoms with van der Waals surface area (Å²) in [6.45, 7) is 0.876. The lowest BCUT2D eigenvalue weighted by atomic mass is 10.1. The SMILES string of the molecule is CN(Cc1ccc(C(F)(F)F)cc1)Cc1nnc(C(=O)Nc2ccccc2)s1. The molecule has 0 aliphatic heterocycles. The van der Waals surface area contributed by atoms with Crippen LogP contribution in [-0.2, 0) is 19.3 Å². The van der Waals surface area contributed by atoms with E-state index in [1.165, 1.54) is 23.5 Å². The maximum atomic E-state index is 12.6. The van der Waals surface area contributed by atoms with Gasteiger partial charge in [-0.1, -0.05) is 41.7 Å². The Morgan fingerprint density at radius 3 is 2.36 bits per heavy atom. The van der Waals surface area contributed by atoms with E-state index in [1.807, 2.05) is 30.1 Å². The fraction of sp³-hybridized carbons (Fsp3) is 0.211. The van der Waals surface area contributed by atoms with Crippen molar-refractivity contribution in [3.63, 3.8) is 0 Å². The average molecular weight is 406 g/mol. The fourth-order valence-electron chi connectivity index (χ4n) is 2.51. The Hall–Kier alpha value is -2.78. The van der Waals surface area contributed by atoms with Crippen molar-refractivity contribution in [3.8, 4) is 0 Å². The highest BCUT2D eigenvalue weighted by atomic mass is 32.1. The molecule has 0 bridgehead atoms. The quantitative estimate of drug-likeness (QED) is 0.658. The molecule has 0 saturated carbocycles. The summed E-state index contributed by atoms with van der Waals surface area (Å²) in [5, 5.41) is 11.6. The highest BCUT2D eigenvalue weighted by Crippen LogP contribution is 2.29. The number of carbonyl (C=O) groups is 1. The van der Waals surface area contributed by atoms with Crippen molar-refractivity contribution in [3.05, 3.63) is 75.7 Å². The first kappa shape index (κ1) is 20.0. The van der Waals surface area contributed by atoms with Gasteiger partial charge < -0.3 is 5.32 Å². The van der Waals surface area contributed by atoms with E-state index in [2.05, 4.69) is 15.5 Å². The van der Waals surface area contributed by atoms with Crippen molar-refractivity contribution in [1.82, 2.24) is 15.1 Å². The van der Waals surface area contributed by atoms with Crippen LogP contribution in [0.25, 0.3) is 0 Å². The Kier molecular flexibility index (Phi) is 6.05. The van der Waals surface area contributed by atoms with E-state index in [-0.39, 0.29) is 10.9 Å². The number of amides is 1. The van der Waals surface area contributed by atoms with E-state index in [1.54, 1.807) is 12.1 Å². The van der Waals surface area contributed by atoms with Crippen LogP contribution in [0, 0.1) is 0 Å². The second kappa shape index (κ2) is 8.49. The third kappa shape index (κ3) is 5.37. The fourth-order valence-corrected chi connectivity index (χ4v) is 3.33. The maximum Gasteiger partial charge on any atom is 0.416 e. The molecule has 0 unspecified atom stereocenters. The van der Waals surface area contributed by atoms with E-state index < -0.39 is 11.7 Å². The summed E-state index contributed by atoms with van der Waals surface area (Å²) in [6.07, 6.45) is -4.34. The molecule has 0 radical (unpaired) electrons. The number of halogens is 3. The Morgan fingerprint density at radius 2 is 1.71 bits per heavy atom. The number of carbonyl (C=O) groups excluding carboxylic acids is 1. The number of nitrogens with zero attached hydrogens (tertiary/aromatic N) is 3. The summed E-state index contributed by atoms with van der Waals surface area (Å²) in [6, 6.07) is 14.1. The van der Waals surface area contributed by atoms with E-state index in [4.69, 9.17) is 0 Å². The molecule has 1 amide bonds. The summed E-state index contributed by atoms with van der Waals surface area (Å²) in [5.41, 5.74) is 0.753. The van der Waals surface area contributed by atoms with E-state index in [9.17, 15) is 18.0 Å². The van der Waals surface area contributed by atoms with Crippen molar-refractivity contribution in [2.45, 2.75) is 19.3 Å². The van der Waals surface area contributed by atoms with Crippen LogP contribution in [0.4, 0.5) is 18.9 Å². The molecule has 1 N–H and O–H groups in total. The number of aromatic nitrogens is 2. The number of hydrogen-bond acceptors (Lipinski definition) is 5. The molecule has 3 rings (SSSR count). The van der Waals surface area contributed by atoms with Crippen molar-refractivity contribution in [2.75, 3.05) is 12.4 Å².